The topological polar surface area (TPSA) is 102 Å². The van der Waals surface area contributed by atoms with Gasteiger partial charge in [-0.25, -0.2) is 0 Å². The molecule has 256 valence electrons. The van der Waals surface area contributed by atoms with Crippen molar-refractivity contribution in [3.63, 3.8) is 0 Å². The number of likely N-dealkylation sites (tertiary alicyclic amines) is 1. The van der Waals surface area contributed by atoms with Crippen LogP contribution >= 0.6 is 0 Å². The number of aliphatic hydroxyl groups excluding tert-OH is 1. The highest BCUT2D eigenvalue weighted by molar-refractivity contribution is 5.79. The number of hydrogen-bond acceptors (Lipinski definition) is 6. The van der Waals surface area contributed by atoms with E-state index in [1.165, 1.54) is 5.56 Å². The number of ether oxygens (including phenoxy) is 1. The summed E-state index contributed by atoms with van der Waals surface area (Å²) in [7, 11) is 0. The molecule has 1 saturated heterocycles. The predicted molar refractivity (Wildman–Crippen MR) is 192 cm³/mol. The smallest absolute Gasteiger partial charge is 0.321 e. The number of carboxylic acid groups (broad SMARTS) is 1. The zero-order valence-electron chi connectivity index (χ0n) is 28.6. The second-order valence-electron chi connectivity index (χ2n) is 14.4. The number of rotatable bonds is 11. The van der Waals surface area contributed by atoms with Gasteiger partial charge in [-0.15, -0.1) is 0 Å². The molecule has 4 aromatic rings. The summed E-state index contributed by atoms with van der Waals surface area (Å²) in [6.45, 7) is 8.84. The van der Waals surface area contributed by atoms with Crippen LogP contribution in [0.3, 0.4) is 0 Å². The molecule has 4 aromatic carbocycles. The average molecular weight is 662 g/mol. The lowest BCUT2D eigenvalue weighted by molar-refractivity contribution is -0.143. The lowest BCUT2D eigenvalue weighted by Gasteiger charge is -2.41. The molecule has 0 aromatic heterocycles. The molecule has 8 nitrogen and oxygen atoms in total. The molecule has 6 rings (SSSR count). The first kappa shape index (κ1) is 34.4. The summed E-state index contributed by atoms with van der Waals surface area (Å²) in [5.74, 6) is 0.272. The van der Waals surface area contributed by atoms with Crippen molar-refractivity contribution < 1.29 is 24.5 Å². The van der Waals surface area contributed by atoms with Crippen molar-refractivity contribution in [2.24, 2.45) is 0 Å². The van der Waals surface area contributed by atoms with Crippen LogP contribution in [0.25, 0.3) is 11.1 Å². The van der Waals surface area contributed by atoms with Gasteiger partial charge in [-0.1, -0.05) is 93.6 Å². The van der Waals surface area contributed by atoms with E-state index in [0.717, 1.165) is 59.5 Å². The molecule has 2 aliphatic heterocycles. The first-order valence-corrected chi connectivity index (χ1v) is 17.3. The molecule has 49 heavy (non-hydrogen) atoms. The van der Waals surface area contributed by atoms with E-state index in [-0.39, 0.29) is 24.3 Å². The Morgan fingerprint density at radius 2 is 1.51 bits per heavy atom. The molecule has 0 spiro atoms. The van der Waals surface area contributed by atoms with Gasteiger partial charge in [0.25, 0.3) is 0 Å². The van der Waals surface area contributed by atoms with Crippen molar-refractivity contribution in [3.8, 4) is 22.6 Å². The Balaban J connectivity index is 1.19. The van der Waals surface area contributed by atoms with E-state index in [9.17, 15) is 19.8 Å². The van der Waals surface area contributed by atoms with Crippen molar-refractivity contribution >= 4 is 11.9 Å². The Morgan fingerprint density at radius 3 is 2.16 bits per heavy atom. The molecule has 8 heteroatoms. The van der Waals surface area contributed by atoms with E-state index in [2.05, 4.69) is 43.1 Å². The zero-order chi connectivity index (χ0) is 34.5. The van der Waals surface area contributed by atoms with Gasteiger partial charge >= 0.3 is 5.97 Å². The summed E-state index contributed by atoms with van der Waals surface area (Å²) in [5.41, 5.74) is 6.19. The third-order valence-electron chi connectivity index (χ3n) is 9.72. The number of amides is 1. The molecule has 0 aliphatic carbocycles. The monoisotopic (exact) mass is 661 g/mol. The second-order valence-corrected chi connectivity index (χ2v) is 14.4. The number of aliphatic hydroxyl groups is 1. The van der Waals surface area contributed by atoms with Crippen molar-refractivity contribution in [1.29, 1.82) is 0 Å². The molecule has 2 aliphatic rings. The Kier molecular flexibility index (Phi) is 10.5. The predicted octanol–water partition coefficient (Wildman–Crippen LogP) is 6.40. The normalized spacial score (nSPS) is 17.7. The van der Waals surface area contributed by atoms with Gasteiger partial charge in [0.05, 0.1) is 12.6 Å². The van der Waals surface area contributed by atoms with Gasteiger partial charge in [0.1, 0.15) is 23.8 Å². The van der Waals surface area contributed by atoms with Crippen molar-refractivity contribution in [2.75, 3.05) is 19.6 Å². The summed E-state index contributed by atoms with van der Waals surface area (Å²) in [5, 5.41) is 24.7. The van der Waals surface area contributed by atoms with E-state index in [1.54, 1.807) is 4.90 Å². The van der Waals surface area contributed by atoms with Crippen LogP contribution in [0.15, 0.2) is 97.1 Å². The number of hydrogen-bond donors (Lipinski definition) is 3. The Labute approximate surface area is 289 Å². The molecule has 0 saturated carbocycles. The third kappa shape index (κ3) is 8.57. The second kappa shape index (κ2) is 14.9. The van der Waals surface area contributed by atoms with Gasteiger partial charge in [-0.05, 0) is 102 Å². The largest absolute Gasteiger partial charge is 0.480 e. The fourth-order valence-corrected chi connectivity index (χ4v) is 6.82. The van der Waals surface area contributed by atoms with E-state index < -0.39 is 24.3 Å². The molecular formula is C41H47N3O5. The molecule has 3 atom stereocenters. The molecule has 1 amide bonds. The zero-order valence-corrected chi connectivity index (χ0v) is 28.6. The Morgan fingerprint density at radius 1 is 0.857 bits per heavy atom. The van der Waals surface area contributed by atoms with Crippen LogP contribution in [0.1, 0.15) is 55.9 Å². The quantitative estimate of drug-likeness (QED) is 0.160. The van der Waals surface area contributed by atoms with Crippen LogP contribution in [0, 0.1) is 0 Å². The molecule has 1 fully saturated rings. The van der Waals surface area contributed by atoms with Gasteiger partial charge < -0.3 is 19.8 Å². The summed E-state index contributed by atoms with van der Waals surface area (Å²) in [6.07, 6.45) is 1.44. The molecule has 1 unspecified atom stereocenters. The van der Waals surface area contributed by atoms with E-state index in [0.29, 0.717) is 18.7 Å². The van der Waals surface area contributed by atoms with E-state index >= 15 is 0 Å². The first-order valence-electron chi connectivity index (χ1n) is 17.3. The van der Waals surface area contributed by atoms with Crippen molar-refractivity contribution in [1.82, 2.24) is 15.1 Å². The number of carbonyl (C=O) groups excluding carboxylic acids is 1. The number of carbonyl (C=O) groups is 2. The lowest BCUT2D eigenvalue weighted by atomic mass is 9.87. The first-order chi connectivity index (χ1) is 23.5. The molecule has 0 bridgehead atoms. The summed E-state index contributed by atoms with van der Waals surface area (Å²) in [6, 6.07) is 30.1. The van der Waals surface area contributed by atoms with Crippen LogP contribution in [0.2, 0.25) is 0 Å². The lowest BCUT2D eigenvalue weighted by Crippen LogP contribution is -2.59. The number of nitrogens with zero attached hydrogens (tertiary/aromatic N) is 2. The van der Waals surface area contributed by atoms with E-state index in [1.807, 2.05) is 84.9 Å². The van der Waals surface area contributed by atoms with Crippen LogP contribution in [-0.2, 0) is 34.4 Å². The van der Waals surface area contributed by atoms with E-state index in [4.69, 9.17) is 4.74 Å². The highest BCUT2D eigenvalue weighted by Gasteiger charge is 2.37. The van der Waals surface area contributed by atoms with Crippen molar-refractivity contribution in [2.45, 2.75) is 76.7 Å². The van der Waals surface area contributed by atoms with Gasteiger partial charge in [0, 0.05) is 6.54 Å². The molecule has 2 heterocycles. The summed E-state index contributed by atoms with van der Waals surface area (Å²) >= 11 is 0. The average Bonchev–Trinajstić information content (AvgIpc) is 3.61. The maximum atomic E-state index is 13.8. The maximum Gasteiger partial charge on any atom is 0.321 e. The highest BCUT2D eigenvalue weighted by Crippen LogP contribution is 2.32. The van der Waals surface area contributed by atoms with Crippen LogP contribution in [0.4, 0.5) is 0 Å². The van der Waals surface area contributed by atoms with Crippen LogP contribution in [0.5, 0.6) is 11.5 Å². The molecule has 3 N–H and O–H groups in total. The fraction of sp³-hybridized carbons (Fsp3) is 0.366. The van der Waals surface area contributed by atoms with Gasteiger partial charge in [0.15, 0.2) is 0 Å². The number of aliphatic carboxylic acids is 1. The number of fused-ring (bicyclic) bond motifs is 1. The number of carboxylic acids is 1. The van der Waals surface area contributed by atoms with Gasteiger partial charge in [-0.3, -0.25) is 19.8 Å². The summed E-state index contributed by atoms with van der Waals surface area (Å²) in [4.78, 5) is 30.1. The number of benzene rings is 4. The minimum Gasteiger partial charge on any atom is -0.480 e. The molecular weight excluding hydrogens is 614 g/mol. The summed E-state index contributed by atoms with van der Waals surface area (Å²) < 4.78 is 6.22. The fourth-order valence-electron chi connectivity index (χ4n) is 6.82. The van der Waals surface area contributed by atoms with Crippen LogP contribution < -0.4 is 10.1 Å². The third-order valence-corrected chi connectivity index (χ3v) is 9.72. The van der Waals surface area contributed by atoms with Gasteiger partial charge in [-0.2, -0.15) is 0 Å². The van der Waals surface area contributed by atoms with Gasteiger partial charge in [0.2, 0.25) is 5.91 Å². The minimum absolute atomic E-state index is 0.0456. The highest BCUT2D eigenvalue weighted by atomic mass is 16.5. The SMILES string of the molecule is CC(C)(C)c1ccc(Oc2ccc3c(c2)CN(C(=O)CN2CCCC2)[C@H](C(O)N[C@@H](Cc2ccc(-c4ccccc4)cc2)C(=O)O)C3)cc1. The van der Waals surface area contributed by atoms with Crippen LogP contribution in [-0.4, -0.2) is 69.8 Å². The minimum atomic E-state index is -1.25. The Bertz CT molecular complexity index is 1730. The van der Waals surface area contributed by atoms with Crippen molar-refractivity contribution in [3.05, 3.63) is 119 Å². The molecule has 0 radical (unpaired) electrons. The number of nitrogens with one attached hydrogen (secondary N) is 1. The standard InChI is InChI=1S/C41H47N3O5/c1-41(2,3)33-16-19-34(20-17-33)49-35-18-15-31-25-37(44(26-32(31)24-35)38(45)27-43-21-7-8-22-43)39(46)42-36(40(47)48)23-28-11-13-30(14-12-28)29-9-5-4-6-10-29/h4-6,9-20,24,36-37,39,42,46H,7-8,21-23,25-27H2,1-3H3,(H,47,48)/t36-,37-,39?/m0/s1. The maximum absolute atomic E-state index is 13.8. The Hall–Kier alpha value is -4.50.